The number of amides is 1. The van der Waals surface area contributed by atoms with Crippen LogP contribution in [0.5, 0.6) is 5.75 Å². The van der Waals surface area contributed by atoms with E-state index in [2.05, 4.69) is 9.17 Å². The monoisotopic (exact) mass is 387 g/mol. The number of carbonyl (C=O) groups excluding carboxylic acids is 1. The zero-order chi connectivity index (χ0) is 19.6. The van der Waals surface area contributed by atoms with E-state index in [1.165, 1.54) is 23.3 Å². The summed E-state index contributed by atoms with van der Waals surface area (Å²) < 4.78 is 31.8. The maximum absolute atomic E-state index is 12.7. The molecule has 0 saturated carbocycles. The Morgan fingerprint density at radius 1 is 1.15 bits per heavy atom. The van der Waals surface area contributed by atoms with Crippen LogP contribution in [0.25, 0.3) is 11.5 Å². The van der Waals surface area contributed by atoms with E-state index in [-0.39, 0.29) is 23.2 Å². The van der Waals surface area contributed by atoms with Gasteiger partial charge < -0.3 is 13.5 Å². The standard InChI is InChI=1S/C18H17N3O5S/c1-12-5-3-4-6-16(12)21(2)18(22)15-11-25-17(20-15)13-7-9-14(10-8-13)26-27(19,23)24/h3-11H,1-2H3,(H2,19,23,24). The summed E-state index contributed by atoms with van der Waals surface area (Å²) in [6.45, 7) is 1.92. The lowest BCUT2D eigenvalue weighted by Crippen LogP contribution is -2.27. The van der Waals surface area contributed by atoms with Gasteiger partial charge in [0.15, 0.2) is 5.69 Å². The number of rotatable bonds is 5. The van der Waals surface area contributed by atoms with Gasteiger partial charge in [0.25, 0.3) is 5.91 Å². The van der Waals surface area contributed by atoms with Crippen LogP contribution in [0.2, 0.25) is 0 Å². The van der Waals surface area contributed by atoms with Crippen LogP contribution in [0.1, 0.15) is 16.1 Å². The molecule has 2 aromatic carbocycles. The summed E-state index contributed by atoms with van der Waals surface area (Å²) in [6.07, 6.45) is 1.28. The highest BCUT2D eigenvalue weighted by molar-refractivity contribution is 7.84. The third-order valence-corrected chi connectivity index (χ3v) is 4.24. The minimum absolute atomic E-state index is 0.0587. The third-order valence-electron chi connectivity index (χ3n) is 3.82. The van der Waals surface area contributed by atoms with Crippen LogP contribution < -0.4 is 14.2 Å². The molecule has 0 unspecified atom stereocenters. The summed E-state index contributed by atoms with van der Waals surface area (Å²) in [4.78, 5) is 18.4. The van der Waals surface area contributed by atoms with Crippen LogP contribution in [0, 0.1) is 6.92 Å². The van der Waals surface area contributed by atoms with Crippen LogP contribution in [0.3, 0.4) is 0 Å². The highest BCUT2D eigenvalue weighted by Gasteiger charge is 2.19. The van der Waals surface area contributed by atoms with Crippen LogP contribution in [-0.4, -0.2) is 26.4 Å². The number of aryl methyl sites for hydroxylation is 1. The minimum atomic E-state index is -4.09. The average Bonchev–Trinajstić information content (AvgIpc) is 3.10. The average molecular weight is 387 g/mol. The number of nitrogens with two attached hydrogens (primary N) is 1. The van der Waals surface area contributed by atoms with Crippen molar-refractivity contribution in [3.05, 3.63) is 66.1 Å². The van der Waals surface area contributed by atoms with E-state index in [9.17, 15) is 13.2 Å². The van der Waals surface area contributed by atoms with Crippen LogP contribution in [0.15, 0.2) is 59.2 Å². The smallest absolute Gasteiger partial charge is 0.380 e. The topological polar surface area (TPSA) is 116 Å². The molecule has 0 saturated heterocycles. The summed E-state index contributed by atoms with van der Waals surface area (Å²) in [5.74, 6) is -0.0319. The third kappa shape index (κ3) is 4.33. The van der Waals surface area contributed by atoms with Gasteiger partial charge in [-0.15, -0.1) is 0 Å². The van der Waals surface area contributed by atoms with E-state index in [4.69, 9.17) is 9.56 Å². The summed E-state index contributed by atoms with van der Waals surface area (Å²) in [6, 6.07) is 13.4. The molecule has 1 heterocycles. The van der Waals surface area contributed by atoms with Gasteiger partial charge in [0.2, 0.25) is 5.89 Å². The lowest BCUT2D eigenvalue weighted by atomic mass is 10.2. The Balaban J connectivity index is 1.80. The number of carbonyl (C=O) groups is 1. The number of benzene rings is 2. The number of aromatic nitrogens is 1. The van der Waals surface area contributed by atoms with E-state index < -0.39 is 10.3 Å². The first-order chi connectivity index (χ1) is 12.7. The van der Waals surface area contributed by atoms with Gasteiger partial charge in [-0.05, 0) is 42.8 Å². The van der Waals surface area contributed by atoms with E-state index in [1.54, 1.807) is 19.2 Å². The van der Waals surface area contributed by atoms with Crippen molar-refractivity contribution in [2.75, 3.05) is 11.9 Å². The number of para-hydroxylation sites is 1. The molecular formula is C18H17N3O5S. The van der Waals surface area contributed by atoms with Crippen molar-refractivity contribution in [3.8, 4) is 17.2 Å². The second kappa shape index (κ2) is 7.22. The fraction of sp³-hybridized carbons (Fsp3) is 0.111. The Kier molecular flexibility index (Phi) is 4.98. The quantitative estimate of drug-likeness (QED) is 0.719. The van der Waals surface area contributed by atoms with Crippen LogP contribution >= 0.6 is 0 Å². The van der Waals surface area contributed by atoms with E-state index >= 15 is 0 Å². The summed E-state index contributed by atoms with van der Waals surface area (Å²) in [7, 11) is -2.43. The molecule has 3 rings (SSSR count). The van der Waals surface area contributed by atoms with Crippen molar-refractivity contribution in [1.82, 2.24) is 4.98 Å². The van der Waals surface area contributed by atoms with Crippen LogP contribution in [0.4, 0.5) is 5.69 Å². The Morgan fingerprint density at radius 3 is 2.44 bits per heavy atom. The molecule has 140 valence electrons. The largest absolute Gasteiger partial charge is 0.444 e. The maximum atomic E-state index is 12.7. The Morgan fingerprint density at radius 2 is 1.81 bits per heavy atom. The molecule has 0 spiro atoms. The van der Waals surface area contributed by atoms with Gasteiger partial charge in [0.05, 0.1) is 0 Å². The van der Waals surface area contributed by atoms with Gasteiger partial charge in [-0.3, -0.25) is 4.79 Å². The molecule has 0 radical (unpaired) electrons. The van der Waals surface area contributed by atoms with Crippen molar-refractivity contribution in [3.63, 3.8) is 0 Å². The Hall–Kier alpha value is -3.17. The summed E-state index contributed by atoms with van der Waals surface area (Å²) >= 11 is 0. The molecule has 27 heavy (non-hydrogen) atoms. The molecular weight excluding hydrogens is 370 g/mol. The van der Waals surface area contributed by atoms with Gasteiger partial charge >= 0.3 is 10.3 Å². The molecule has 0 aliphatic rings. The highest BCUT2D eigenvalue weighted by atomic mass is 32.2. The van der Waals surface area contributed by atoms with Gasteiger partial charge in [0.1, 0.15) is 12.0 Å². The molecule has 8 nitrogen and oxygen atoms in total. The van der Waals surface area contributed by atoms with E-state index in [1.807, 2.05) is 31.2 Å². The molecule has 0 bridgehead atoms. The Bertz CT molecular complexity index is 1070. The Labute approximate surface area is 156 Å². The van der Waals surface area contributed by atoms with E-state index in [0.717, 1.165) is 11.3 Å². The first-order valence-electron chi connectivity index (χ1n) is 7.86. The fourth-order valence-corrected chi connectivity index (χ4v) is 2.89. The van der Waals surface area contributed by atoms with Crippen LogP contribution in [-0.2, 0) is 10.3 Å². The first kappa shape index (κ1) is 18.6. The van der Waals surface area contributed by atoms with Gasteiger partial charge in [-0.1, -0.05) is 18.2 Å². The van der Waals surface area contributed by atoms with Crippen molar-refractivity contribution < 1.29 is 21.8 Å². The molecule has 1 amide bonds. The zero-order valence-corrected chi connectivity index (χ0v) is 15.4. The lowest BCUT2D eigenvalue weighted by molar-refractivity contribution is 0.0988. The summed E-state index contributed by atoms with van der Waals surface area (Å²) in [5.41, 5.74) is 2.44. The SMILES string of the molecule is Cc1ccccc1N(C)C(=O)c1coc(-c2ccc(OS(N)(=O)=O)cc2)n1. The first-order valence-corrected chi connectivity index (χ1v) is 9.33. The maximum Gasteiger partial charge on any atom is 0.380 e. The zero-order valence-electron chi connectivity index (χ0n) is 14.6. The lowest BCUT2D eigenvalue weighted by Gasteiger charge is -2.17. The van der Waals surface area contributed by atoms with Crippen molar-refractivity contribution in [2.24, 2.45) is 5.14 Å². The molecule has 3 aromatic rings. The van der Waals surface area contributed by atoms with E-state index in [0.29, 0.717) is 5.56 Å². The second-order valence-corrected chi connectivity index (χ2v) is 6.94. The molecule has 9 heteroatoms. The number of oxazole rings is 1. The fourth-order valence-electron chi connectivity index (χ4n) is 2.51. The highest BCUT2D eigenvalue weighted by Crippen LogP contribution is 2.24. The number of hydrogen-bond donors (Lipinski definition) is 1. The van der Waals surface area contributed by atoms with Crippen molar-refractivity contribution in [1.29, 1.82) is 0 Å². The second-order valence-electron chi connectivity index (χ2n) is 5.79. The molecule has 1 aromatic heterocycles. The predicted octanol–water partition coefficient (Wildman–Crippen LogP) is 2.51. The number of nitrogens with zero attached hydrogens (tertiary/aromatic N) is 2. The van der Waals surface area contributed by atoms with Gasteiger partial charge in [0, 0.05) is 18.3 Å². The molecule has 0 atom stereocenters. The molecule has 0 aliphatic heterocycles. The summed E-state index contributed by atoms with van der Waals surface area (Å²) in [5, 5.41) is 4.82. The normalized spacial score (nSPS) is 11.2. The minimum Gasteiger partial charge on any atom is -0.444 e. The van der Waals surface area contributed by atoms with Crippen molar-refractivity contribution in [2.45, 2.75) is 6.92 Å². The molecule has 0 fully saturated rings. The molecule has 2 N–H and O–H groups in total. The predicted molar refractivity (Wildman–Crippen MR) is 99.6 cm³/mol. The van der Waals surface area contributed by atoms with Gasteiger partial charge in [-0.2, -0.15) is 13.6 Å². The van der Waals surface area contributed by atoms with Crippen molar-refractivity contribution >= 4 is 21.9 Å². The van der Waals surface area contributed by atoms with Gasteiger partial charge in [-0.25, -0.2) is 4.98 Å². The number of hydrogen-bond acceptors (Lipinski definition) is 6. The number of anilines is 1. The molecule has 0 aliphatic carbocycles.